The minimum Gasteiger partial charge on any atom is -0.323 e. The second-order valence-electron chi connectivity index (χ2n) is 10.6. The Kier molecular flexibility index (Phi) is 4.81. The van der Waals surface area contributed by atoms with Crippen molar-refractivity contribution in [3.05, 3.63) is 29.3 Å². The lowest BCUT2D eigenvalue weighted by Crippen LogP contribution is -2.62. The number of aryl methyl sites for hydroxylation is 2. The van der Waals surface area contributed by atoms with E-state index in [1.807, 2.05) is 37.9 Å². The third-order valence-corrected chi connectivity index (χ3v) is 8.27. The third-order valence-electron chi connectivity index (χ3n) is 8.27. The zero-order chi connectivity index (χ0) is 23.1. The highest BCUT2D eigenvalue weighted by Gasteiger charge is 2.72. The number of rotatable bonds is 2. The van der Waals surface area contributed by atoms with Crippen molar-refractivity contribution in [3.63, 3.8) is 0 Å². The number of likely N-dealkylation sites (N-methyl/N-ethyl adjacent to an activating group) is 1. The van der Waals surface area contributed by atoms with Crippen LogP contribution in [0.2, 0.25) is 0 Å². The summed E-state index contributed by atoms with van der Waals surface area (Å²) in [7, 11) is 1.84. The van der Waals surface area contributed by atoms with Crippen LogP contribution < -0.4 is 4.90 Å². The predicted molar refractivity (Wildman–Crippen MR) is 119 cm³/mol. The highest BCUT2D eigenvalue weighted by Crippen LogP contribution is 2.55. The molecule has 7 heteroatoms. The average molecular weight is 440 g/mol. The molecule has 4 fully saturated rings. The van der Waals surface area contributed by atoms with Crippen molar-refractivity contribution in [1.82, 2.24) is 9.96 Å². The smallest absolute Gasteiger partial charge is 0.265 e. The fourth-order valence-electron chi connectivity index (χ4n) is 6.80. The zero-order valence-electron chi connectivity index (χ0n) is 19.8. The van der Waals surface area contributed by atoms with E-state index in [2.05, 4.69) is 20.8 Å². The lowest BCUT2D eigenvalue weighted by atomic mass is 9.69. The number of benzene rings is 1. The van der Waals surface area contributed by atoms with Crippen molar-refractivity contribution in [3.8, 4) is 0 Å². The number of carbonyl (C=O) groups is 3. The van der Waals surface area contributed by atoms with Gasteiger partial charge in [0.1, 0.15) is 17.6 Å². The SMILES string of the molecule is Cc1ccc(N2C(=O)[C@H]3[C@H](ON4[C@@H]3C(=O)N(C)[C@@]43C[C@H](C)CC[C@H]3C(C)C)C2=O)c(C)c1. The lowest BCUT2D eigenvalue weighted by Gasteiger charge is -2.52. The maximum atomic E-state index is 13.6. The molecular weight excluding hydrogens is 406 g/mol. The van der Waals surface area contributed by atoms with Gasteiger partial charge in [0.15, 0.2) is 6.10 Å². The van der Waals surface area contributed by atoms with E-state index in [9.17, 15) is 14.4 Å². The van der Waals surface area contributed by atoms with E-state index in [0.29, 0.717) is 17.5 Å². The average Bonchev–Trinajstić information content (AvgIpc) is 3.29. The molecule has 1 aromatic carbocycles. The van der Waals surface area contributed by atoms with Gasteiger partial charge in [-0.25, -0.2) is 4.90 Å². The first-order valence-corrected chi connectivity index (χ1v) is 11.8. The molecular formula is C25H33N3O4. The van der Waals surface area contributed by atoms with Crippen molar-refractivity contribution in [2.75, 3.05) is 11.9 Å². The van der Waals surface area contributed by atoms with E-state index in [1.165, 1.54) is 4.90 Å². The van der Waals surface area contributed by atoms with Crippen LogP contribution in [0.3, 0.4) is 0 Å². The van der Waals surface area contributed by atoms with Crippen LogP contribution in [0, 0.1) is 37.5 Å². The molecule has 1 spiro atoms. The maximum absolute atomic E-state index is 13.6. The standard InChI is InChI=1S/C25H33N3O4/c1-13(2)17-9-7-15(4)12-25(17)26(6)23(30)20-19-21(32-28(20)25)24(31)27(22(19)29)18-10-8-14(3)11-16(18)5/h8,10-11,13,15,17,19-21H,7,9,12H2,1-6H3/t15-,17+,19-,20+,21+,25+/m1/s1. The van der Waals surface area contributed by atoms with E-state index in [4.69, 9.17) is 4.84 Å². The maximum Gasteiger partial charge on any atom is 0.265 e. The number of carbonyl (C=O) groups excluding carboxylic acids is 3. The van der Waals surface area contributed by atoms with Crippen molar-refractivity contribution in [2.45, 2.75) is 71.7 Å². The first kappa shape index (κ1) is 21.6. The molecule has 0 bridgehead atoms. The number of hydrogen-bond acceptors (Lipinski definition) is 5. The summed E-state index contributed by atoms with van der Waals surface area (Å²) >= 11 is 0. The van der Waals surface area contributed by atoms with Crippen LogP contribution in [0.15, 0.2) is 18.2 Å². The van der Waals surface area contributed by atoms with E-state index in [-0.39, 0.29) is 23.6 Å². The van der Waals surface area contributed by atoms with Gasteiger partial charge < -0.3 is 4.90 Å². The van der Waals surface area contributed by atoms with E-state index < -0.39 is 23.7 Å². The summed E-state index contributed by atoms with van der Waals surface area (Å²) in [5, 5.41) is 1.78. The zero-order valence-corrected chi connectivity index (χ0v) is 19.8. The van der Waals surface area contributed by atoms with Gasteiger partial charge in [-0.05, 0) is 50.2 Å². The Labute approximate surface area is 189 Å². The molecule has 1 aromatic rings. The summed E-state index contributed by atoms with van der Waals surface area (Å²) in [4.78, 5) is 50.0. The molecule has 4 aliphatic rings. The van der Waals surface area contributed by atoms with Crippen LogP contribution in [0.5, 0.6) is 0 Å². The van der Waals surface area contributed by atoms with Crippen LogP contribution in [-0.4, -0.2) is 52.5 Å². The first-order valence-electron chi connectivity index (χ1n) is 11.8. The number of hydrogen-bond donors (Lipinski definition) is 0. The molecule has 3 amide bonds. The first-order chi connectivity index (χ1) is 15.1. The number of hydroxylamine groups is 2. The molecule has 3 saturated heterocycles. The van der Waals surface area contributed by atoms with Crippen LogP contribution >= 0.6 is 0 Å². The number of nitrogens with zero attached hydrogens (tertiary/aromatic N) is 3. The fraction of sp³-hybridized carbons (Fsp3) is 0.640. The second-order valence-corrected chi connectivity index (χ2v) is 10.6. The second kappa shape index (κ2) is 7.12. The Hall–Kier alpha value is -2.25. The molecule has 172 valence electrons. The Bertz CT molecular complexity index is 1010. The van der Waals surface area contributed by atoms with E-state index in [1.54, 1.807) is 11.1 Å². The minimum atomic E-state index is -0.937. The van der Waals surface area contributed by atoms with Gasteiger partial charge in [0.05, 0.1) is 5.69 Å². The molecule has 0 radical (unpaired) electrons. The van der Waals surface area contributed by atoms with Gasteiger partial charge in [-0.15, -0.1) is 5.06 Å². The van der Waals surface area contributed by atoms with Gasteiger partial charge in [-0.1, -0.05) is 44.9 Å². The van der Waals surface area contributed by atoms with Gasteiger partial charge in [0.25, 0.3) is 5.91 Å². The van der Waals surface area contributed by atoms with Crippen LogP contribution in [0.4, 0.5) is 5.69 Å². The molecule has 0 aromatic heterocycles. The van der Waals surface area contributed by atoms with Gasteiger partial charge in [-0.2, -0.15) is 0 Å². The monoisotopic (exact) mass is 439 g/mol. The van der Waals surface area contributed by atoms with Crippen molar-refractivity contribution >= 4 is 23.4 Å². The van der Waals surface area contributed by atoms with E-state index >= 15 is 0 Å². The summed E-state index contributed by atoms with van der Waals surface area (Å²) in [5.74, 6) is -0.611. The van der Waals surface area contributed by atoms with Crippen LogP contribution in [0.25, 0.3) is 0 Å². The molecule has 1 saturated carbocycles. The molecule has 5 rings (SSSR count). The topological polar surface area (TPSA) is 70.2 Å². The Morgan fingerprint density at radius 1 is 1.06 bits per heavy atom. The van der Waals surface area contributed by atoms with Gasteiger partial charge in [0.2, 0.25) is 11.8 Å². The molecule has 3 aliphatic heterocycles. The lowest BCUT2D eigenvalue weighted by molar-refractivity contribution is -0.260. The molecule has 32 heavy (non-hydrogen) atoms. The quantitative estimate of drug-likeness (QED) is 0.663. The molecule has 1 aliphatic carbocycles. The van der Waals surface area contributed by atoms with E-state index in [0.717, 1.165) is 30.4 Å². The van der Waals surface area contributed by atoms with Crippen molar-refractivity contribution in [1.29, 1.82) is 0 Å². The van der Waals surface area contributed by atoms with Gasteiger partial charge in [0, 0.05) is 13.0 Å². The van der Waals surface area contributed by atoms with Crippen LogP contribution in [0.1, 0.15) is 51.2 Å². The highest BCUT2D eigenvalue weighted by atomic mass is 16.7. The molecule has 6 atom stereocenters. The number of amides is 3. The highest BCUT2D eigenvalue weighted by molar-refractivity contribution is 6.25. The summed E-state index contributed by atoms with van der Waals surface area (Å²) in [6, 6.07) is 4.91. The largest absolute Gasteiger partial charge is 0.323 e. The fourth-order valence-corrected chi connectivity index (χ4v) is 6.80. The molecule has 7 nitrogen and oxygen atoms in total. The van der Waals surface area contributed by atoms with Gasteiger partial charge in [-0.3, -0.25) is 19.2 Å². The summed E-state index contributed by atoms with van der Waals surface area (Å²) in [6.45, 7) is 10.4. The Morgan fingerprint density at radius 2 is 1.78 bits per heavy atom. The molecule has 0 N–H and O–H groups in total. The predicted octanol–water partition coefficient (Wildman–Crippen LogP) is 3.04. The summed E-state index contributed by atoms with van der Waals surface area (Å²) in [5.41, 5.74) is 1.89. The number of fused-ring (bicyclic) bond motifs is 4. The number of imide groups is 1. The van der Waals surface area contributed by atoms with Gasteiger partial charge >= 0.3 is 0 Å². The normalized spacial score (nSPS) is 37.2. The minimum absolute atomic E-state index is 0.110. The van der Waals surface area contributed by atoms with Crippen LogP contribution in [-0.2, 0) is 19.2 Å². The molecule has 0 unspecified atom stereocenters. The third kappa shape index (κ3) is 2.64. The van der Waals surface area contributed by atoms with Crippen molar-refractivity contribution < 1.29 is 19.2 Å². The van der Waals surface area contributed by atoms with Crippen molar-refractivity contribution in [2.24, 2.45) is 23.7 Å². The summed E-state index contributed by atoms with van der Waals surface area (Å²) in [6.07, 6.45) is 1.95. The summed E-state index contributed by atoms with van der Waals surface area (Å²) < 4.78 is 0. The Balaban J connectivity index is 1.55. The molecule has 3 heterocycles. The number of anilines is 1. The Morgan fingerprint density at radius 3 is 2.44 bits per heavy atom.